The third-order valence-corrected chi connectivity index (χ3v) is 4.77. The summed E-state index contributed by atoms with van der Waals surface area (Å²) in [5.74, 6) is 0.230. The molecule has 3 rings (SSSR count). The maximum absolute atomic E-state index is 12.3. The monoisotopic (exact) mass is 393 g/mol. The molecule has 6 nitrogen and oxygen atoms in total. The first-order chi connectivity index (χ1) is 14.1. The third-order valence-electron chi connectivity index (χ3n) is 4.77. The summed E-state index contributed by atoms with van der Waals surface area (Å²) in [7, 11) is 2.02. The van der Waals surface area contributed by atoms with E-state index in [9.17, 15) is 9.59 Å². The number of nitrogens with zero attached hydrogens (tertiary/aromatic N) is 2. The van der Waals surface area contributed by atoms with Crippen molar-refractivity contribution in [2.45, 2.75) is 20.0 Å². The minimum absolute atomic E-state index is 0.123. The van der Waals surface area contributed by atoms with Crippen LogP contribution in [0.3, 0.4) is 0 Å². The van der Waals surface area contributed by atoms with Gasteiger partial charge in [0.1, 0.15) is 5.75 Å². The average molecular weight is 393 g/mol. The molecule has 152 valence electrons. The van der Waals surface area contributed by atoms with Gasteiger partial charge in [-0.05, 0) is 31.7 Å². The van der Waals surface area contributed by atoms with E-state index in [1.807, 2.05) is 56.4 Å². The number of amides is 1. The lowest BCUT2D eigenvalue weighted by Gasteiger charge is -2.17. The topological polar surface area (TPSA) is 63.6 Å². The number of aromatic nitrogens is 1. The minimum Gasteiger partial charge on any atom is -0.483 e. The van der Waals surface area contributed by atoms with E-state index < -0.39 is 0 Å². The molecule has 2 aromatic carbocycles. The summed E-state index contributed by atoms with van der Waals surface area (Å²) in [6.07, 6.45) is 0. The molecular formula is C23H27N3O3. The lowest BCUT2D eigenvalue weighted by molar-refractivity contribution is -0.123. The van der Waals surface area contributed by atoms with Crippen LogP contribution in [0.4, 0.5) is 0 Å². The molecule has 0 unspecified atom stereocenters. The molecule has 1 amide bonds. The first-order valence-corrected chi connectivity index (χ1v) is 9.83. The number of benzene rings is 2. The maximum atomic E-state index is 12.3. The van der Waals surface area contributed by atoms with Crippen LogP contribution in [0.25, 0.3) is 10.9 Å². The van der Waals surface area contributed by atoms with Crippen LogP contribution in [-0.4, -0.2) is 42.1 Å². The molecule has 0 aliphatic heterocycles. The van der Waals surface area contributed by atoms with Crippen LogP contribution in [0.1, 0.15) is 12.5 Å². The summed E-state index contributed by atoms with van der Waals surface area (Å²) in [6.45, 7) is 4.47. The van der Waals surface area contributed by atoms with Crippen molar-refractivity contribution in [2.24, 2.45) is 0 Å². The molecule has 0 saturated carbocycles. The number of rotatable bonds is 9. The summed E-state index contributed by atoms with van der Waals surface area (Å²) < 4.78 is 7.36. The Morgan fingerprint density at radius 3 is 2.59 bits per heavy atom. The van der Waals surface area contributed by atoms with E-state index in [2.05, 4.69) is 22.3 Å². The van der Waals surface area contributed by atoms with E-state index in [0.29, 0.717) is 18.8 Å². The van der Waals surface area contributed by atoms with Gasteiger partial charge in [0, 0.05) is 37.6 Å². The van der Waals surface area contributed by atoms with Crippen LogP contribution in [0.2, 0.25) is 0 Å². The van der Waals surface area contributed by atoms with Crippen molar-refractivity contribution >= 4 is 16.8 Å². The summed E-state index contributed by atoms with van der Waals surface area (Å²) in [5.41, 5.74) is 1.91. The summed E-state index contributed by atoms with van der Waals surface area (Å²) in [5, 5.41) is 3.69. The quantitative estimate of drug-likeness (QED) is 0.607. The Balaban J connectivity index is 1.51. The number of nitrogens with one attached hydrogen (secondary N) is 1. The minimum atomic E-state index is -0.207. The molecule has 0 atom stereocenters. The zero-order valence-electron chi connectivity index (χ0n) is 16.9. The number of carbonyl (C=O) groups excluding carboxylic acids is 1. The van der Waals surface area contributed by atoms with Crippen molar-refractivity contribution < 1.29 is 9.53 Å². The fourth-order valence-corrected chi connectivity index (χ4v) is 3.30. The van der Waals surface area contributed by atoms with Crippen molar-refractivity contribution in [3.8, 4) is 5.75 Å². The van der Waals surface area contributed by atoms with Crippen LogP contribution in [0, 0.1) is 0 Å². The Kier molecular flexibility index (Phi) is 7.03. The Morgan fingerprint density at radius 2 is 1.83 bits per heavy atom. The van der Waals surface area contributed by atoms with E-state index in [0.717, 1.165) is 24.0 Å². The van der Waals surface area contributed by atoms with Gasteiger partial charge in [0.2, 0.25) is 0 Å². The number of likely N-dealkylation sites (N-methyl/N-ethyl adjacent to an activating group) is 1. The second kappa shape index (κ2) is 9.89. The fraction of sp³-hybridized carbons (Fsp3) is 0.304. The molecular weight excluding hydrogens is 366 g/mol. The van der Waals surface area contributed by atoms with E-state index in [4.69, 9.17) is 4.74 Å². The molecule has 0 fully saturated rings. The number of pyridine rings is 1. The molecule has 1 N–H and O–H groups in total. The van der Waals surface area contributed by atoms with Gasteiger partial charge < -0.3 is 19.5 Å². The molecule has 29 heavy (non-hydrogen) atoms. The van der Waals surface area contributed by atoms with E-state index in [1.165, 1.54) is 11.6 Å². The van der Waals surface area contributed by atoms with Gasteiger partial charge in [-0.15, -0.1) is 0 Å². The average Bonchev–Trinajstić information content (AvgIpc) is 2.73. The van der Waals surface area contributed by atoms with Gasteiger partial charge in [0.25, 0.3) is 11.5 Å². The Hall–Kier alpha value is -3.12. The molecule has 0 bridgehead atoms. The number of fused-ring (bicyclic) bond motifs is 1. The lowest BCUT2D eigenvalue weighted by Crippen LogP contribution is -2.35. The van der Waals surface area contributed by atoms with Crippen molar-refractivity contribution in [1.29, 1.82) is 0 Å². The highest BCUT2D eigenvalue weighted by Gasteiger charge is 2.10. The number of hydrogen-bond acceptors (Lipinski definition) is 4. The highest BCUT2D eigenvalue weighted by Crippen LogP contribution is 2.23. The van der Waals surface area contributed by atoms with E-state index >= 15 is 0 Å². The molecule has 0 spiro atoms. The second-order valence-corrected chi connectivity index (χ2v) is 6.97. The Bertz CT molecular complexity index is 1010. The number of carbonyl (C=O) groups is 1. The van der Waals surface area contributed by atoms with Crippen LogP contribution < -0.4 is 15.6 Å². The van der Waals surface area contributed by atoms with Crippen molar-refractivity contribution in [1.82, 2.24) is 14.8 Å². The standard InChI is InChI=1S/C23H27N3O3/c1-3-26-20-12-8-7-11-19(20)21(15-23(26)28)29-17-22(27)24-13-14-25(2)16-18-9-5-4-6-10-18/h4-12,15H,3,13-14,16-17H2,1-2H3,(H,24,27). The Labute approximate surface area is 170 Å². The lowest BCUT2D eigenvalue weighted by atomic mass is 10.2. The summed E-state index contributed by atoms with van der Waals surface area (Å²) in [4.78, 5) is 26.6. The highest BCUT2D eigenvalue weighted by molar-refractivity contribution is 5.86. The van der Waals surface area contributed by atoms with Gasteiger partial charge in [-0.25, -0.2) is 0 Å². The van der Waals surface area contributed by atoms with E-state index in [1.54, 1.807) is 4.57 Å². The smallest absolute Gasteiger partial charge is 0.257 e. The molecule has 0 saturated heterocycles. The van der Waals surface area contributed by atoms with Crippen molar-refractivity contribution in [3.05, 3.63) is 76.6 Å². The van der Waals surface area contributed by atoms with Crippen molar-refractivity contribution in [2.75, 3.05) is 26.7 Å². The molecule has 1 heterocycles. The summed E-state index contributed by atoms with van der Waals surface area (Å²) in [6, 6.07) is 19.2. The first kappa shape index (κ1) is 20.6. The van der Waals surface area contributed by atoms with Crippen LogP contribution in [0.15, 0.2) is 65.5 Å². The molecule has 6 heteroatoms. The molecule has 1 aromatic heterocycles. The zero-order valence-corrected chi connectivity index (χ0v) is 16.9. The third kappa shape index (κ3) is 5.45. The largest absolute Gasteiger partial charge is 0.483 e. The van der Waals surface area contributed by atoms with E-state index in [-0.39, 0.29) is 18.1 Å². The van der Waals surface area contributed by atoms with Gasteiger partial charge >= 0.3 is 0 Å². The normalized spacial score (nSPS) is 11.0. The molecule has 3 aromatic rings. The van der Waals surface area contributed by atoms with Crippen LogP contribution >= 0.6 is 0 Å². The van der Waals surface area contributed by atoms with Gasteiger partial charge in [0.15, 0.2) is 6.61 Å². The first-order valence-electron chi connectivity index (χ1n) is 9.83. The zero-order chi connectivity index (χ0) is 20.6. The Morgan fingerprint density at radius 1 is 1.10 bits per heavy atom. The number of para-hydroxylation sites is 1. The fourth-order valence-electron chi connectivity index (χ4n) is 3.30. The molecule has 0 radical (unpaired) electrons. The van der Waals surface area contributed by atoms with Gasteiger partial charge in [0.05, 0.1) is 5.52 Å². The molecule has 0 aliphatic rings. The maximum Gasteiger partial charge on any atom is 0.257 e. The predicted molar refractivity (Wildman–Crippen MR) is 115 cm³/mol. The number of aryl methyl sites for hydroxylation is 1. The number of hydrogen-bond donors (Lipinski definition) is 1. The SMILES string of the molecule is CCn1c(=O)cc(OCC(=O)NCCN(C)Cc2ccccc2)c2ccccc21. The van der Waals surface area contributed by atoms with Gasteiger partial charge in [-0.1, -0.05) is 42.5 Å². The second-order valence-electron chi connectivity index (χ2n) is 6.97. The number of ether oxygens (including phenoxy) is 1. The van der Waals surface area contributed by atoms with Crippen LogP contribution in [0.5, 0.6) is 5.75 Å². The van der Waals surface area contributed by atoms with Gasteiger partial charge in [-0.2, -0.15) is 0 Å². The van der Waals surface area contributed by atoms with Crippen molar-refractivity contribution in [3.63, 3.8) is 0 Å². The van der Waals surface area contributed by atoms with Gasteiger partial charge in [-0.3, -0.25) is 9.59 Å². The summed E-state index contributed by atoms with van der Waals surface area (Å²) >= 11 is 0. The van der Waals surface area contributed by atoms with Crippen LogP contribution in [-0.2, 0) is 17.9 Å². The molecule has 0 aliphatic carbocycles. The highest BCUT2D eigenvalue weighted by atomic mass is 16.5. The predicted octanol–water partition coefficient (Wildman–Crippen LogP) is 2.65.